The molecule has 2 heterocycles. The molecule has 0 atom stereocenters. The third-order valence-corrected chi connectivity index (χ3v) is 5.05. The van der Waals surface area contributed by atoms with E-state index >= 15 is 0 Å². The molecule has 1 aliphatic carbocycles. The number of rotatable bonds is 4. The molecule has 3 aromatic rings. The van der Waals surface area contributed by atoms with E-state index in [0.717, 1.165) is 35.1 Å². The van der Waals surface area contributed by atoms with Gasteiger partial charge in [0.25, 0.3) is 0 Å². The molecule has 4 heteroatoms. The van der Waals surface area contributed by atoms with Gasteiger partial charge in [-0.3, -0.25) is 4.98 Å². The smallest absolute Gasteiger partial charge is 0.204 e. The Morgan fingerprint density at radius 1 is 1.04 bits per heavy atom. The Labute approximate surface area is 142 Å². The molecule has 0 saturated heterocycles. The fourth-order valence-electron chi connectivity index (χ4n) is 3.59. The normalized spacial score (nSPS) is 21.0. The van der Waals surface area contributed by atoms with Crippen LogP contribution in [0.2, 0.25) is 0 Å². The SMILES string of the molecule is CC1CCC(Nc2nc3ccccc3n2Cc2ccccn2)CC1. The Balaban J connectivity index is 1.65. The van der Waals surface area contributed by atoms with Crippen LogP contribution in [0.4, 0.5) is 5.95 Å². The van der Waals surface area contributed by atoms with Crippen molar-refractivity contribution in [3.05, 3.63) is 54.4 Å². The Bertz CT molecular complexity index is 801. The summed E-state index contributed by atoms with van der Waals surface area (Å²) in [4.78, 5) is 9.33. The number of para-hydroxylation sites is 2. The van der Waals surface area contributed by atoms with Gasteiger partial charge >= 0.3 is 0 Å². The van der Waals surface area contributed by atoms with Crippen molar-refractivity contribution in [2.75, 3.05) is 5.32 Å². The van der Waals surface area contributed by atoms with Crippen LogP contribution in [0.1, 0.15) is 38.3 Å². The predicted octanol–water partition coefficient (Wildman–Crippen LogP) is 4.47. The van der Waals surface area contributed by atoms with Crippen LogP contribution >= 0.6 is 0 Å². The molecule has 1 aromatic carbocycles. The van der Waals surface area contributed by atoms with E-state index in [1.807, 2.05) is 24.4 Å². The minimum atomic E-state index is 0.528. The monoisotopic (exact) mass is 320 g/mol. The molecule has 0 amide bonds. The first kappa shape index (κ1) is 15.2. The summed E-state index contributed by atoms with van der Waals surface area (Å²) in [7, 11) is 0. The summed E-state index contributed by atoms with van der Waals surface area (Å²) in [5.41, 5.74) is 3.26. The van der Waals surface area contributed by atoms with E-state index in [2.05, 4.69) is 46.1 Å². The Morgan fingerprint density at radius 3 is 2.62 bits per heavy atom. The van der Waals surface area contributed by atoms with E-state index in [1.165, 1.54) is 25.7 Å². The minimum absolute atomic E-state index is 0.528. The first-order valence-electron chi connectivity index (χ1n) is 8.91. The lowest BCUT2D eigenvalue weighted by molar-refractivity contribution is 0.360. The number of imidazole rings is 1. The van der Waals surface area contributed by atoms with Gasteiger partial charge in [0.2, 0.25) is 5.95 Å². The zero-order valence-electron chi connectivity index (χ0n) is 14.2. The first-order chi connectivity index (χ1) is 11.8. The van der Waals surface area contributed by atoms with E-state index in [0.29, 0.717) is 6.04 Å². The first-order valence-corrected chi connectivity index (χ1v) is 8.91. The number of nitrogens with zero attached hydrogens (tertiary/aromatic N) is 3. The maximum Gasteiger partial charge on any atom is 0.204 e. The van der Waals surface area contributed by atoms with Gasteiger partial charge in [-0.05, 0) is 55.9 Å². The van der Waals surface area contributed by atoms with Gasteiger partial charge in [-0.2, -0.15) is 0 Å². The van der Waals surface area contributed by atoms with Crippen LogP contribution in [0.15, 0.2) is 48.7 Å². The zero-order chi connectivity index (χ0) is 16.4. The number of benzene rings is 1. The highest BCUT2D eigenvalue weighted by atomic mass is 15.2. The predicted molar refractivity (Wildman–Crippen MR) is 98.1 cm³/mol. The number of aromatic nitrogens is 3. The summed E-state index contributed by atoms with van der Waals surface area (Å²) in [5.74, 6) is 1.83. The van der Waals surface area contributed by atoms with Crippen LogP contribution in [0, 0.1) is 5.92 Å². The van der Waals surface area contributed by atoms with Crippen molar-refractivity contribution in [2.45, 2.75) is 45.2 Å². The second-order valence-corrected chi connectivity index (χ2v) is 6.93. The van der Waals surface area contributed by atoms with Crippen LogP contribution in [-0.2, 0) is 6.54 Å². The molecule has 1 N–H and O–H groups in total. The van der Waals surface area contributed by atoms with Crippen molar-refractivity contribution in [1.29, 1.82) is 0 Å². The molecule has 4 nitrogen and oxygen atoms in total. The summed E-state index contributed by atoms with van der Waals surface area (Å²) in [6, 6.07) is 14.9. The maximum absolute atomic E-state index is 4.85. The summed E-state index contributed by atoms with van der Waals surface area (Å²) < 4.78 is 2.26. The second kappa shape index (κ2) is 6.63. The molecule has 0 spiro atoms. The molecule has 1 aliphatic rings. The van der Waals surface area contributed by atoms with Crippen LogP contribution in [0.3, 0.4) is 0 Å². The molecule has 0 aliphatic heterocycles. The maximum atomic E-state index is 4.85. The van der Waals surface area contributed by atoms with Crippen molar-refractivity contribution in [2.24, 2.45) is 5.92 Å². The standard InChI is InChI=1S/C20H24N4/c1-15-9-11-16(12-10-15)22-20-23-18-7-2-3-8-19(18)24(20)14-17-6-4-5-13-21-17/h2-8,13,15-16H,9-12,14H2,1H3,(H,22,23). The fourth-order valence-corrected chi connectivity index (χ4v) is 3.59. The fraction of sp³-hybridized carbons (Fsp3) is 0.400. The summed E-state index contributed by atoms with van der Waals surface area (Å²) >= 11 is 0. The highest BCUT2D eigenvalue weighted by molar-refractivity contribution is 5.78. The number of anilines is 1. The van der Waals surface area contributed by atoms with Gasteiger partial charge < -0.3 is 9.88 Å². The Hall–Kier alpha value is -2.36. The van der Waals surface area contributed by atoms with Crippen molar-refractivity contribution in [1.82, 2.24) is 14.5 Å². The molecule has 124 valence electrons. The minimum Gasteiger partial charge on any atom is -0.353 e. The van der Waals surface area contributed by atoms with Gasteiger partial charge in [-0.25, -0.2) is 4.98 Å². The van der Waals surface area contributed by atoms with Crippen molar-refractivity contribution >= 4 is 17.0 Å². The zero-order valence-corrected chi connectivity index (χ0v) is 14.2. The largest absolute Gasteiger partial charge is 0.353 e. The number of hydrogen-bond acceptors (Lipinski definition) is 3. The number of hydrogen-bond donors (Lipinski definition) is 1. The number of pyridine rings is 1. The lowest BCUT2D eigenvalue weighted by Gasteiger charge is -2.27. The van der Waals surface area contributed by atoms with Crippen molar-refractivity contribution in [3.63, 3.8) is 0 Å². The van der Waals surface area contributed by atoms with Crippen molar-refractivity contribution < 1.29 is 0 Å². The molecule has 4 rings (SSSR count). The molecule has 0 bridgehead atoms. The van der Waals surface area contributed by atoms with Gasteiger partial charge in [0.15, 0.2) is 0 Å². The lowest BCUT2D eigenvalue weighted by Crippen LogP contribution is -2.27. The van der Waals surface area contributed by atoms with Crippen LogP contribution in [-0.4, -0.2) is 20.6 Å². The molecule has 24 heavy (non-hydrogen) atoms. The summed E-state index contributed by atoms with van der Waals surface area (Å²) in [6.07, 6.45) is 6.92. The van der Waals surface area contributed by atoms with Crippen LogP contribution in [0.5, 0.6) is 0 Å². The van der Waals surface area contributed by atoms with Crippen molar-refractivity contribution in [3.8, 4) is 0 Å². The highest BCUT2D eigenvalue weighted by Gasteiger charge is 2.20. The average Bonchev–Trinajstić information content (AvgIpc) is 2.95. The topological polar surface area (TPSA) is 42.7 Å². The van der Waals surface area contributed by atoms with Crippen LogP contribution in [0.25, 0.3) is 11.0 Å². The van der Waals surface area contributed by atoms with E-state index in [1.54, 1.807) is 0 Å². The molecule has 1 fully saturated rings. The third-order valence-electron chi connectivity index (χ3n) is 5.05. The number of nitrogens with one attached hydrogen (secondary N) is 1. The molecular weight excluding hydrogens is 296 g/mol. The van der Waals surface area contributed by atoms with E-state index in [9.17, 15) is 0 Å². The molecule has 0 unspecified atom stereocenters. The van der Waals surface area contributed by atoms with E-state index < -0.39 is 0 Å². The second-order valence-electron chi connectivity index (χ2n) is 6.93. The summed E-state index contributed by atoms with van der Waals surface area (Å²) in [5, 5.41) is 3.70. The summed E-state index contributed by atoms with van der Waals surface area (Å²) in [6.45, 7) is 3.10. The Morgan fingerprint density at radius 2 is 1.83 bits per heavy atom. The highest BCUT2D eigenvalue weighted by Crippen LogP contribution is 2.27. The number of fused-ring (bicyclic) bond motifs is 1. The van der Waals surface area contributed by atoms with E-state index in [-0.39, 0.29) is 0 Å². The lowest BCUT2D eigenvalue weighted by atomic mass is 9.87. The molecule has 2 aromatic heterocycles. The quantitative estimate of drug-likeness (QED) is 0.771. The van der Waals surface area contributed by atoms with Gasteiger partial charge in [0, 0.05) is 12.2 Å². The van der Waals surface area contributed by atoms with E-state index in [4.69, 9.17) is 4.98 Å². The third kappa shape index (κ3) is 3.14. The molecule has 0 radical (unpaired) electrons. The van der Waals surface area contributed by atoms with Gasteiger partial charge in [-0.1, -0.05) is 25.1 Å². The van der Waals surface area contributed by atoms with Gasteiger partial charge in [0.05, 0.1) is 23.3 Å². The molecule has 1 saturated carbocycles. The molecular formula is C20H24N4. The van der Waals surface area contributed by atoms with Crippen LogP contribution < -0.4 is 5.32 Å². The van der Waals surface area contributed by atoms with Gasteiger partial charge in [0.1, 0.15) is 0 Å². The Kier molecular flexibility index (Phi) is 4.20. The average molecular weight is 320 g/mol. The van der Waals surface area contributed by atoms with Gasteiger partial charge in [-0.15, -0.1) is 0 Å².